The Morgan fingerprint density at radius 2 is 2.00 bits per heavy atom. The molecule has 3 aliphatic rings. The topological polar surface area (TPSA) is 38.7 Å². The van der Waals surface area contributed by atoms with Gasteiger partial charge in [-0.05, 0) is 31.6 Å². The van der Waals surface area contributed by atoms with E-state index in [9.17, 15) is 5.11 Å². The van der Waals surface area contributed by atoms with Gasteiger partial charge in [0, 0.05) is 30.6 Å². The number of ether oxygens (including phenoxy) is 2. The highest BCUT2D eigenvalue weighted by molar-refractivity contribution is 7.99. The van der Waals surface area contributed by atoms with E-state index in [0.29, 0.717) is 5.92 Å². The van der Waals surface area contributed by atoms with Gasteiger partial charge in [0.25, 0.3) is 0 Å². The van der Waals surface area contributed by atoms with Gasteiger partial charge in [-0.1, -0.05) is 19.3 Å². The first-order valence-electron chi connectivity index (χ1n) is 8.29. The van der Waals surface area contributed by atoms with Crippen LogP contribution in [0.3, 0.4) is 0 Å². The Labute approximate surface area is 126 Å². The van der Waals surface area contributed by atoms with E-state index in [-0.39, 0.29) is 11.7 Å². The van der Waals surface area contributed by atoms with Crippen LogP contribution in [0.4, 0.5) is 0 Å². The molecule has 0 aromatic heterocycles. The van der Waals surface area contributed by atoms with Gasteiger partial charge in [-0.25, -0.2) is 0 Å². The van der Waals surface area contributed by atoms with Gasteiger partial charge >= 0.3 is 0 Å². The van der Waals surface area contributed by atoms with Crippen molar-refractivity contribution >= 4 is 11.8 Å². The highest BCUT2D eigenvalue weighted by atomic mass is 32.2. The Hall–Kier alpha value is 0.230. The molecule has 2 saturated heterocycles. The van der Waals surface area contributed by atoms with Gasteiger partial charge in [-0.2, -0.15) is 11.8 Å². The van der Waals surface area contributed by atoms with E-state index in [0.717, 1.165) is 50.1 Å². The predicted octanol–water partition coefficient (Wildman–Crippen LogP) is 3.00. The highest BCUT2D eigenvalue weighted by Gasteiger charge is 2.42. The summed E-state index contributed by atoms with van der Waals surface area (Å²) in [4.78, 5) is 0. The van der Waals surface area contributed by atoms with Crippen molar-refractivity contribution in [2.24, 2.45) is 5.92 Å². The summed E-state index contributed by atoms with van der Waals surface area (Å²) in [6.07, 6.45) is 9.70. The molecule has 3 nitrogen and oxygen atoms in total. The lowest BCUT2D eigenvalue weighted by Gasteiger charge is -2.39. The van der Waals surface area contributed by atoms with Crippen LogP contribution in [0.5, 0.6) is 0 Å². The number of hydrogen-bond donors (Lipinski definition) is 1. The van der Waals surface area contributed by atoms with Crippen LogP contribution in [0, 0.1) is 5.92 Å². The van der Waals surface area contributed by atoms with Crippen molar-refractivity contribution in [3.05, 3.63) is 0 Å². The fourth-order valence-corrected chi connectivity index (χ4v) is 5.27. The minimum Gasteiger partial charge on any atom is -0.392 e. The Morgan fingerprint density at radius 1 is 1.15 bits per heavy atom. The first-order chi connectivity index (χ1) is 9.77. The Morgan fingerprint density at radius 3 is 2.75 bits per heavy atom. The summed E-state index contributed by atoms with van der Waals surface area (Å²) >= 11 is 2.01. The zero-order valence-electron chi connectivity index (χ0n) is 12.4. The smallest absolute Gasteiger partial charge is 0.0940 e. The van der Waals surface area contributed by atoms with Crippen LogP contribution in [0.15, 0.2) is 0 Å². The largest absolute Gasteiger partial charge is 0.392 e. The number of aliphatic hydroxyl groups excluding tert-OH is 1. The van der Waals surface area contributed by atoms with Gasteiger partial charge in [0.2, 0.25) is 0 Å². The van der Waals surface area contributed by atoms with Crippen LogP contribution < -0.4 is 0 Å². The third kappa shape index (κ3) is 3.70. The van der Waals surface area contributed by atoms with Gasteiger partial charge in [0.15, 0.2) is 0 Å². The molecule has 0 radical (unpaired) electrons. The van der Waals surface area contributed by atoms with Gasteiger partial charge in [0.05, 0.1) is 18.3 Å². The molecule has 2 aliphatic heterocycles. The summed E-state index contributed by atoms with van der Waals surface area (Å²) < 4.78 is 11.5. The molecule has 1 N–H and O–H groups in total. The molecule has 3 atom stereocenters. The fraction of sp³-hybridized carbons (Fsp3) is 1.00. The van der Waals surface area contributed by atoms with Crippen molar-refractivity contribution < 1.29 is 14.6 Å². The molecule has 0 aromatic carbocycles. The molecule has 3 rings (SSSR count). The standard InChI is InChI=1S/C16H28O3S/c17-15(11-20-14-4-2-1-3-5-14)13-6-8-19-16(10-13)7-9-18-12-16/h13-15,17H,1-12H2. The summed E-state index contributed by atoms with van der Waals surface area (Å²) in [5.74, 6) is 1.31. The second-order valence-corrected chi connectivity index (χ2v) is 8.08. The van der Waals surface area contributed by atoms with E-state index < -0.39 is 0 Å². The van der Waals surface area contributed by atoms with E-state index in [1.807, 2.05) is 11.8 Å². The molecule has 1 saturated carbocycles. The summed E-state index contributed by atoms with van der Waals surface area (Å²) in [6.45, 7) is 2.34. The highest BCUT2D eigenvalue weighted by Crippen LogP contribution is 2.38. The second kappa shape index (κ2) is 6.99. The quantitative estimate of drug-likeness (QED) is 0.866. The van der Waals surface area contributed by atoms with Gasteiger partial charge in [0.1, 0.15) is 0 Å². The van der Waals surface area contributed by atoms with E-state index in [4.69, 9.17) is 9.47 Å². The summed E-state index contributed by atoms with van der Waals surface area (Å²) in [5.41, 5.74) is -0.0700. The van der Waals surface area contributed by atoms with Crippen LogP contribution in [0.1, 0.15) is 51.4 Å². The Balaban J connectivity index is 1.45. The van der Waals surface area contributed by atoms with Crippen LogP contribution in [-0.4, -0.2) is 47.6 Å². The first kappa shape index (κ1) is 15.1. The number of aliphatic hydroxyl groups is 1. The number of rotatable bonds is 4. The van der Waals surface area contributed by atoms with Crippen LogP contribution in [0.2, 0.25) is 0 Å². The minimum absolute atomic E-state index is 0.0700. The monoisotopic (exact) mass is 300 g/mol. The lowest BCUT2D eigenvalue weighted by Crippen LogP contribution is -2.44. The molecule has 116 valence electrons. The zero-order valence-corrected chi connectivity index (χ0v) is 13.2. The third-order valence-corrected chi connectivity index (χ3v) is 6.67. The molecule has 0 aromatic rings. The normalized spacial score (nSPS) is 37.4. The Kier molecular flexibility index (Phi) is 5.29. The van der Waals surface area contributed by atoms with Gasteiger partial charge in [-0.3, -0.25) is 0 Å². The average molecular weight is 300 g/mol. The van der Waals surface area contributed by atoms with E-state index >= 15 is 0 Å². The molecular formula is C16H28O3S. The van der Waals surface area contributed by atoms with Crippen molar-refractivity contribution in [1.82, 2.24) is 0 Å². The molecule has 4 heteroatoms. The van der Waals surface area contributed by atoms with Gasteiger partial charge < -0.3 is 14.6 Å². The average Bonchev–Trinajstić information content (AvgIpc) is 2.93. The maximum atomic E-state index is 10.5. The number of hydrogen-bond acceptors (Lipinski definition) is 4. The van der Waals surface area contributed by atoms with Crippen LogP contribution in [0.25, 0.3) is 0 Å². The van der Waals surface area contributed by atoms with Crippen molar-refractivity contribution in [3.8, 4) is 0 Å². The molecule has 3 fully saturated rings. The minimum atomic E-state index is -0.164. The molecule has 1 aliphatic carbocycles. The lowest BCUT2D eigenvalue weighted by molar-refractivity contribution is -0.113. The van der Waals surface area contributed by atoms with Crippen LogP contribution in [-0.2, 0) is 9.47 Å². The molecule has 3 unspecified atom stereocenters. The SMILES string of the molecule is OC(CSC1CCCCC1)C1CCOC2(CCOC2)C1. The first-order valence-corrected chi connectivity index (χ1v) is 9.34. The molecule has 0 bridgehead atoms. The zero-order chi connectivity index (χ0) is 13.8. The second-order valence-electron chi connectivity index (χ2n) is 6.75. The predicted molar refractivity (Wildman–Crippen MR) is 82.2 cm³/mol. The van der Waals surface area contributed by atoms with Crippen LogP contribution >= 0.6 is 11.8 Å². The lowest BCUT2D eigenvalue weighted by atomic mass is 9.82. The van der Waals surface area contributed by atoms with Crippen molar-refractivity contribution in [3.63, 3.8) is 0 Å². The summed E-state index contributed by atoms with van der Waals surface area (Å²) in [7, 11) is 0. The van der Waals surface area contributed by atoms with E-state index in [1.165, 1.54) is 32.1 Å². The summed E-state index contributed by atoms with van der Waals surface area (Å²) in [5, 5.41) is 11.3. The molecule has 0 amide bonds. The third-order valence-electron chi connectivity index (χ3n) is 5.20. The van der Waals surface area contributed by atoms with E-state index in [2.05, 4.69) is 0 Å². The van der Waals surface area contributed by atoms with Crippen molar-refractivity contribution in [2.75, 3.05) is 25.6 Å². The molecular weight excluding hydrogens is 272 g/mol. The maximum absolute atomic E-state index is 10.5. The molecule has 2 heterocycles. The molecule has 1 spiro atoms. The van der Waals surface area contributed by atoms with Crippen molar-refractivity contribution in [1.29, 1.82) is 0 Å². The molecule has 20 heavy (non-hydrogen) atoms. The Bertz CT molecular complexity index is 298. The van der Waals surface area contributed by atoms with Gasteiger partial charge in [-0.15, -0.1) is 0 Å². The van der Waals surface area contributed by atoms with Crippen molar-refractivity contribution in [2.45, 2.75) is 68.3 Å². The fourth-order valence-electron chi connectivity index (χ4n) is 3.86. The maximum Gasteiger partial charge on any atom is 0.0940 e. The number of thioether (sulfide) groups is 1. The van der Waals surface area contributed by atoms with E-state index in [1.54, 1.807) is 0 Å². The summed E-state index contributed by atoms with van der Waals surface area (Å²) in [6, 6.07) is 0.